The average Bonchev–Trinajstić information content (AvgIpc) is 2.94. The first kappa shape index (κ1) is 29.5. The minimum atomic E-state index is -5.13. The summed E-state index contributed by atoms with van der Waals surface area (Å²) in [6.07, 6.45) is -4.87. The number of phenols is 1. The SMILES string of the molecule is COc1c(C)c(OC)c2c(c1O)[C@H](C(Cc1ccccc1)NC(=O)C(F)(F)F)N[C@H](C(C#N)N1CCOCC1)C2. The zero-order chi connectivity index (χ0) is 29.0. The highest BCUT2D eigenvalue weighted by Crippen LogP contribution is 2.49. The van der Waals surface area contributed by atoms with Crippen LogP contribution in [0.3, 0.4) is 0 Å². The monoisotopic (exact) mass is 562 g/mol. The number of aromatic hydroxyl groups is 1. The number of hydrogen-bond acceptors (Lipinski definition) is 8. The van der Waals surface area contributed by atoms with E-state index in [9.17, 15) is 28.3 Å². The summed E-state index contributed by atoms with van der Waals surface area (Å²) in [5.41, 5.74) is 1.99. The van der Waals surface area contributed by atoms with E-state index < -0.39 is 36.3 Å². The number of benzene rings is 2. The van der Waals surface area contributed by atoms with E-state index in [0.29, 0.717) is 48.7 Å². The molecule has 0 aromatic heterocycles. The first-order chi connectivity index (χ1) is 19.1. The van der Waals surface area contributed by atoms with Crippen LogP contribution in [0.1, 0.15) is 28.3 Å². The van der Waals surface area contributed by atoms with Crippen LogP contribution >= 0.6 is 0 Å². The van der Waals surface area contributed by atoms with Crippen LogP contribution in [-0.2, 0) is 22.4 Å². The maximum atomic E-state index is 13.5. The molecule has 2 aromatic rings. The molecule has 0 bridgehead atoms. The van der Waals surface area contributed by atoms with Crippen molar-refractivity contribution in [3.05, 3.63) is 52.6 Å². The molecule has 4 atom stereocenters. The van der Waals surface area contributed by atoms with Gasteiger partial charge in [-0.25, -0.2) is 0 Å². The molecule has 9 nitrogen and oxygen atoms in total. The molecule has 3 N–H and O–H groups in total. The molecule has 0 radical (unpaired) electrons. The molecule has 0 spiro atoms. The molecule has 1 amide bonds. The van der Waals surface area contributed by atoms with E-state index in [1.165, 1.54) is 14.2 Å². The Labute approximate surface area is 230 Å². The molecule has 2 aliphatic rings. The fourth-order valence-electron chi connectivity index (χ4n) is 5.72. The molecule has 1 fully saturated rings. The van der Waals surface area contributed by atoms with Gasteiger partial charge in [0.15, 0.2) is 11.5 Å². The molecule has 4 rings (SSSR count). The molecule has 2 aliphatic heterocycles. The number of alkyl halides is 3. The number of hydrogen-bond donors (Lipinski definition) is 3. The second-order valence-electron chi connectivity index (χ2n) is 9.88. The van der Waals surface area contributed by atoms with E-state index in [2.05, 4.69) is 16.7 Å². The van der Waals surface area contributed by atoms with Crippen LogP contribution in [0.15, 0.2) is 30.3 Å². The zero-order valence-corrected chi connectivity index (χ0v) is 22.5. The van der Waals surface area contributed by atoms with Gasteiger partial charge in [0.1, 0.15) is 11.8 Å². The number of carbonyl (C=O) groups is 1. The summed E-state index contributed by atoms with van der Waals surface area (Å²) in [5.74, 6) is -1.84. The third-order valence-electron chi connectivity index (χ3n) is 7.51. The summed E-state index contributed by atoms with van der Waals surface area (Å²) < 4.78 is 57.1. The van der Waals surface area contributed by atoms with E-state index in [0.717, 1.165) is 0 Å². The summed E-state index contributed by atoms with van der Waals surface area (Å²) in [7, 11) is 2.83. The van der Waals surface area contributed by atoms with Crippen molar-refractivity contribution in [2.75, 3.05) is 40.5 Å². The number of nitrogens with one attached hydrogen (secondary N) is 2. The fraction of sp³-hybridized carbons (Fsp3) is 0.500. The van der Waals surface area contributed by atoms with Gasteiger partial charge in [-0.2, -0.15) is 18.4 Å². The Kier molecular flexibility index (Phi) is 9.08. The van der Waals surface area contributed by atoms with Crippen LogP contribution in [0.2, 0.25) is 0 Å². The van der Waals surface area contributed by atoms with E-state index >= 15 is 0 Å². The van der Waals surface area contributed by atoms with E-state index in [-0.39, 0.29) is 29.9 Å². The molecular formula is C28H33F3N4O5. The van der Waals surface area contributed by atoms with Gasteiger partial charge in [0.2, 0.25) is 0 Å². The number of fused-ring (bicyclic) bond motifs is 1. The highest BCUT2D eigenvalue weighted by Gasteiger charge is 2.45. The van der Waals surface area contributed by atoms with Crippen molar-refractivity contribution in [2.45, 2.75) is 50.1 Å². The minimum absolute atomic E-state index is 0.0131. The van der Waals surface area contributed by atoms with Crippen molar-refractivity contribution in [2.24, 2.45) is 0 Å². The predicted octanol–water partition coefficient (Wildman–Crippen LogP) is 2.79. The summed E-state index contributed by atoms with van der Waals surface area (Å²) >= 11 is 0. The molecule has 2 aromatic carbocycles. The van der Waals surface area contributed by atoms with Crippen molar-refractivity contribution in [3.63, 3.8) is 0 Å². The van der Waals surface area contributed by atoms with E-state index in [1.807, 2.05) is 4.90 Å². The lowest BCUT2D eigenvalue weighted by Gasteiger charge is -2.43. The van der Waals surface area contributed by atoms with Crippen LogP contribution in [0.5, 0.6) is 17.2 Å². The molecule has 216 valence electrons. The normalized spacial score (nSPS) is 21.0. The van der Waals surface area contributed by atoms with Crippen LogP contribution in [0.25, 0.3) is 0 Å². The molecule has 40 heavy (non-hydrogen) atoms. The topological polar surface area (TPSA) is 116 Å². The minimum Gasteiger partial charge on any atom is -0.504 e. The maximum Gasteiger partial charge on any atom is 0.471 e. The summed E-state index contributed by atoms with van der Waals surface area (Å²) in [6.45, 7) is 3.62. The lowest BCUT2D eigenvalue weighted by Crippen LogP contribution is -2.59. The highest BCUT2D eigenvalue weighted by atomic mass is 19.4. The van der Waals surface area contributed by atoms with Crippen molar-refractivity contribution < 1.29 is 37.3 Å². The van der Waals surface area contributed by atoms with Gasteiger partial charge in [-0.05, 0) is 25.3 Å². The molecule has 0 saturated carbocycles. The molecule has 1 saturated heterocycles. The smallest absolute Gasteiger partial charge is 0.471 e. The number of rotatable bonds is 8. The number of halogens is 3. The Morgan fingerprint density at radius 1 is 1.23 bits per heavy atom. The van der Waals surface area contributed by atoms with E-state index in [4.69, 9.17) is 14.2 Å². The van der Waals surface area contributed by atoms with Crippen LogP contribution < -0.4 is 20.1 Å². The Morgan fingerprint density at radius 3 is 2.45 bits per heavy atom. The van der Waals surface area contributed by atoms with Crippen molar-refractivity contribution in [3.8, 4) is 23.3 Å². The number of amides is 1. The summed E-state index contributed by atoms with van der Waals surface area (Å²) in [4.78, 5) is 14.2. The quantitative estimate of drug-likeness (QED) is 0.450. The van der Waals surface area contributed by atoms with E-state index in [1.54, 1.807) is 37.3 Å². The maximum absolute atomic E-state index is 13.5. The fourth-order valence-corrected chi connectivity index (χ4v) is 5.72. The van der Waals surface area contributed by atoms with Gasteiger partial charge >= 0.3 is 12.1 Å². The van der Waals surface area contributed by atoms with Crippen molar-refractivity contribution in [1.82, 2.24) is 15.5 Å². The number of phenolic OH excluding ortho intramolecular Hbond substituents is 1. The van der Waals surface area contributed by atoms with Crippen LogP contribution in [0, 0.1) is 18.3 Å². The van der Waals surface area contributed by atoms with Gasteiger partial charge in [-0.15, -0.1) is 0 Å². The number of nitriles is 1. The third-order valence-corrected chi connectivity index (χ3v) is 7.51. The third kappa shape index (κ3) is 5.96. The van der Waals surface area contributed by atoms with Crippen LogP contribution in [0.4, 0.5) is 13.2 Å². The van der Waals surface area contributed by atoms with Gasteiger partial charge in [0.25, 0.3) is 0 Å². The molecular weight excluding hydrogens is 529 g/mol. The number of carbonyl (C=O) groups excluding carboxylic acids is 1. The van der Waals surface area contributed by atoms with Gasteiger partial charge in [0.05, 0.1) is 45.6 Å². The summed E-state index contributed by atoms with van der Waals surface area (Å²) in [5, 5.41) is 27.1. The zero-order valence-electron chi connectivity index (χ0n) is 22.5. The first-order valence-corrected chi connectivity index (χ1v) is 13.0. The van der Waals surface area contributed by atoms with Crippen LogP contribution in [-0.4, -0.2) is 80.7 Å². The highest BCUT2D eigenvalue weighted by molar-refractivity contribution is 5.82. The number of morpholine rings is 1. The predicted molar refractivity (Wildman–Crippen MR) is 139 cm³/mol. The van der Waals surface area contributed by atoms with Gasteiger partial charge < -0.3 is 30.0 Å². The second-order valence-corrected chi connectivity index (χ2v) is 9.88. The van der Waals surface area contributed by atoms with Crippen molar-refractivity contribution in [1.29, 1.82) is 5.26 Å². The number of nitrogens with zero attached hydrogens (tertiary/aromatic N) is 2. The molecule has 2 unspecified atom stereocenters. The van der Waals surface area contributed by atoms with Crippen molar-refractivity contribution >= 4 is 5.91 Å². The number of methoxy groups -OCH3 is 2. The molecule has 12 heteroatoms. The molecule has 0 aliphatic carbocycles. The average molecular weight is 563 g/mol. The standard InChI is InChI=1S/C28H33F3N4O5/c1-16-25(38-2)18-14-19(21(15-32)35-9-11-40-12-10-35)33-23(22(18)24(36)26(16)39-3)20(34-27(37)28(29,30)31)13-17-7-5-4-6-8-17/h4-8,19-21,23,33,36H,9-14H2,1-3H3,(H,34,37)/t19-,20?,21?,23-/m0/s1. The first-order valence-electron chi connectivity index (χ1n) is 13.0. The lowest BCUT2D eigenvalue weighted by molar-refractivity contribution is -0.174. The largest absolute Gasteiger partial charge is 0.504 e. The van der Waals surface area contributed by atoms with Gasteiger partial charge in [-0.3, -0.25) is 9.69 Å². The molecule has 2 heterocycles. The number of ether oxygens (including phenoxy) is 3. The Hall–Kier alpha value is -3.53. The Bertz CT molecular complexity index is 1250. The Morgan fingerprint density at radius 2 is 1.88 bits per heavy atom. The van der Waals surface area contributed by atoms with Gasteiger partial charge in [0, 0.05) is 35.8 Å². The van der Waals surface area contributed by atoms with Gasteiger partial charge in [-0.1, -0.05) is 30.3 Å². The lowest BCUT2D eigenvalue weighted by atomic mass is 9.80. The second kappa shape index (κ2) is 12.3. The Balaban J connectivity index is 1.88. The summed E-state index contributed by atoms with van der Waals surface area (Å²) in [6, 6.07) is 7.70.